The van der Waals surface area contributed by atoms with Crippen molar-refractivity contribution in [2.24, 2.45) is 0 Å². The van der Waals surface area contributed by atoms with Crippen molar-refractivity contribution in [3.05, 3.63) is 30.4 Å². The topological polar surface area (TPSA) is 133 Å². The number of aromatic nitrogens is 3. The van der Waals surface area contributed by atoms with E-state index in [9.17, 15) is 9.90 Å². The summed E-state index contributed by atoms with van der Waals surface area (Å²) >= 11 is 0. The predicted octanol–water partition coefficient (Wildman–Crippen LogP) is 0.823. The maximum Gasteiger partial charge on any atom is 0.290 e. The minimum atomic E-state index is -0.250. The maximum atomic E-state index is 12.7. The largest absolute Gasteiger partial charge is 0.483 e. The van der Waals surface area contributed by atoms with Crippen molar-refractivity contribution in [1.29, 1.82) is 0 Å². The van der Waals surface area contributed by atoms with E-state index in [-0.39, 0.29) is 19.0 Å². The van der Waals surface area contributed by atoms with E-state index in [2.05, 4.69) is 20.0 Å². The van der Waals surface area contributed by atoms with Gasteiger partial charge in [-0.3, -0.25) is 19.5 Å². The summed E-state index contributed by atoms with van der Waals surface area (Å²) < 4.78 is 5.30. The van der Waals surface area contributed by atoms with Crippen LogP contribution in [-0.4, -0.2) is 85.8 Å². The van der Waals surface area contributed by atoms with Crippen LogP contribution in [0.4, 0.5) is 0 Å². The number of carbonyl (C=O) groups excluding carboxylic acids is 1. The van der Waals surface area contributed by atoms with Gasteiger partial charge in [0.1, 0.15) is 0 Å². The second-order valence-electron chi connectivity index (χ2n) is 7.27. The summed E-state index contributed by atoms with van der Waals surface area (Å²) in [7, 11) is 0. The average molecular weight is 417 g/mol. The zero-order valence-electron chi connectivity index (χ0n) is 16.8. The molecule has 162 valence electrons. The molecule has 2 aliphatic heterocycles. The van der Waals surface area contributed by atoms with Gasteiger partial charge in [0.2, 0.25) is 17.6 Å². The van der Waals surface area contributed by atoms with E-state index < -0.39 is 0 Å². The Bertz CT molecular complexity index is 815. The summed E-state index contributed by atoms with van der Waals surface area (Å²) in [5.74, 6) is 1.32. The molecule has 2 N–H and O–H groups in total. The minimum absolute atomic E-state index is 0.183. The predicted molar refractivity (Wildman–Crippen MR) is 106 cm³/mol. The lowest BCUT2D eigenvalue weighted by molar-refractivity contribution is -0.132. The Morgan fingerprint density at radius 3 is 2.70 bits per heavy atom. The number of likely N-dealkylation sites (tertiary alicyclic amines) is 2. The lowest BCUT2D eigenvalue weighted by atomic mass is 10.1. The molecular weight excluding hydrogens is 390 g/mol. The van der Waals surface area contributed by atoms with Crippen LogP contribution in [0, 0.1) is 0 Å². The highest BCUT2D eigenvalue weighted by Crippen LogP contribution is 2.31. The van der Waals surface area contributed by atoms with Crippen molar-refractivity contribution in [2.75, 3.05) is 26.2 Å². The lowest BCUT2D eigenvalue weighted by Gasteiger charge is -2.25. The second kappa shape index (κ2) is 10.8. The second-order valence-corrected chi connectivity index (χ2v) is 7.27. The first-order valence-electron chi connectivity index (χ1n) is 10.1. The van der Waals surface area contributed by atoms with Crippen molar-refractivity contribution in [3.8, 4) is 11.4 Å². The number of pyridine rings is 1. The monoisotopic (exact) mass is 417 g/mol. The summed E-state index contributed by atoms with van der Waals surface area (Å²) in [6.45, 7) is 2.44. The molecule has 2 aromatic heterocycles. The Kier molecular flexibility index (Phi) is 7.86. The number of nitrogens with zero attached hydrogens (tertiary/aromatic N) is 5. The molecule has 0 spiro atoms. The number of aliphatic hydroxyl groups is 1. The molecule has 0 aromatic carbocycles. The van der Waals surface area contributed by atoms with Crippen LogP contribution in [0.5, 0.6) is 0 Å². The van der Waals surface area contributed by atoms with Crippen molar-refractivity contribution in [3.63, 3.8) is 0 Å². The fraction of sp³-hybridized carbons (Fsp3) is 0.550. The number of aryl methyl sites for hydroxylation is 1. The smallest absolute Gasteiger partial charge is 0.290 e. The van der Waals surface area contributed by atoms with Crippen molar-refractivity contribution < 1.29 is 24.3 Å². The van der Waals surface area contributed by atoms with Crippen LogP contribution in [0.1, 0.15) is 31.6 Å². The molecule has 2 saturated heterocycles. The maximum absolute atomic E-state index is 12.7. The van der Waals surface area contributed by atoms with Gasteiger partial charge in [-0.05, 0) is 31.4 Å². The fourth-order valence-corrected chi connectivity index (χ4v) is 4.30. The van der Waals surface area contributed by atoms with E-state index in [0.717, 1.165) is 31.5 Å². The average Bonchev–Trinajstić information content (AvgIpc) is 3.47. The summed E-state index contributed by atoms with van der Waals surface area (Å²) in [5.41, 5.74) is 0.868. The molecule has 0 aliphatic carbocycles. The highest BCUT2D eigenvalue weighted by atomic mass is 16.5. The first-order chi connectivity index (χ1) is 14.7. The normalized spacial score (nSPS) is 20.5. The molecule has 2 atom stereocenters. The third kappa shape index (κ3) is 5.19. The van der Waals surface area contributed by atoms with Gasteiger partial charge < -0.3 is 19.6 Å². The summed E-state index contributed by atoms with van der Waals surface area (Å²) in [6, 6.07) is 4.40. The first kappa shape index (κ1) is 21.8. The van der Waals surface area contributed by atoms with Crippen LogP contribution < -0.4 is 0 Å². The quantitative estimate of drug-likeness (QED) is 0.628. The van der Waals surface area contributed by atoms with E-state index in [1.807, 2.05) is 17.0 Å². The van der Waals surface area contributed by atoms with Gasteiger partial charge in [0, 0.05) is 62.5 Å². The zero-order valence-corrected chi connectivity index (χ0v) is 16.8. The van der Waals surface area contributed by atoms with Gasteiger partial charge in [-0.2, -0.15) is 4.98 Å². The SMILES string of the molecule is O=C(CCCc1nc(-c2ccncc2)no1)N1CC[C@H]2[C@@H]1CCN2CCO.O=CO. The lowest BCUT2D eigenvalue weighted by Crippen LogP contribution is -2.40. The van der Waals surface area contributed by atoms with Crippen LogP contribution >= 0.6 is 0 Å². The summed E-state index contributed by atoms with van der Waals surface area (Å²) in [5, 5.41) is 20.1. The Morgan fingerprint density at radius 1 is 1.23 bits per heavy atom. The fourth-order valence-electron chi connectivity index (χ4n) is 4.30. The van der Waals surface area contributed by atoms with Crippen molar-refractivity contribution in [1.82, 2.24) is 24.9 Å². The number of β-amino-alcohol motifs (C(OH)–C–C–N with tert-alkyl or cyclic N) is 1. The molecule has 4 rings (SSSR count). The number of carboxylic acid groups (broad SMARTS) is 1. The molecule has 0 unspecified atom stereocenters. The number of aliphatic hydroxyl groups excluding tert-OH is 1. The number of amides is 1. The van der Waals surface area contributed by atoms with Gasteiger partial charge in [-0.15, -0.1) is 0 Å². The minimum Gasteiger partial charge on any atom is -0.483 e. The molecule has 1 amide bonds. The molecule has 0 saturated carbocycles. The third-order valence-corrected chi connectivity index (χ3v) is 5.59. The van der Waals surface area contributed by atoms with E-state index >= 15 is 0 Å². The molecule has 2 aromatic rings. The molecule has 0 bridgehead atoms. The van der Waals surface area contributed by atoms with Gasteiger partial charge in [0.15, 0.2) is 0 Å². The standard InChI is InChI=1S/C19H25N5O3.CH2O2/c25-13-12-23-10-6-16-15(23)7-11-24(16)18(26)3-1-2-17-21-19(22-27-17)14-4-8-20-9-5-14;2-1-3/h4-5,8-9,15-16,25H,1-3,6-7,10-13H2;1H,(H,2,3)/t15-,16-;/m0./s1. The highest BCUT2D eigenvalue weighted by molar-refractivity contribution is 5.77. The number of fused-ring (bicyclic) bond motifs is 1. The van der Waals surface area contributed by atoms with Gasteiger partial charge in [-0.1, -0.05) is 5.16 Å². The zero-order chi connectivity index (χ0) is 21.3. The van der Waals surface area contributed by atoms with E-state index in [1.165, 1.54) is 0 Å². The number of hydrogen-bond donors (Lipinski definition) is 2. The summed E-state index contributed by atoms with van der Waals surface area (Å²) in [4.78, 5) is 33.7. The van der Waals surface area contributed by atoms with Gasteiger partial charge in [0.25, 0.3) is 6.47 Å². The van der Waals surface area contributed by atoms with Crippen LogP contribution in [0.2, 0.25) is 0 Å². The summed E-state index contributed by atoms with van der Waals surface area (Å²) in [6.07, 6.45) is 7.20. The molecule has 0 radical (unpaired) electrons. The molecule has 2 fully saturated rings. The Morgan fingerprint density at radius 2 is 1.97 bits per heavy atom. The van der Waals surface area contributed by atoms with E-state index in [1.54, 1.807) is 12.4 Å². The van der Waals surface area contributed by atoms with Crippen LogP contribution in [0.15, 0.2) is 29.0 Å². The van der Waals surface area contributed by atoms with Crippen LogP contribution in [0.25, 0.3) is 11.4 Å². The molecule has 10 heteroatoms. The van der Waals surface area contributed by atoms with E-state index in [0.29, 0.717) is 49.6 Å². The van der Waals surface area contributed by atoms with Crippen LogP contribution in [0.3, 0.4) is 0 Å². The molecule has 10 nitrogen and oxygen atoms in total. The number of rotatable bonds is 7. The van der Waals surface area contributed by atoms with Gasteiger partial charge in [-0.25, -0.2) is 0 Å². The first-order valence-corrected chi connectivity index (χ1v) is 10.1. The van der Waals surface area contributed by atoms with Crippen LogP contribution in [-0.2, 0) is 16.0 Å². The van der Waals surface area contributed by atoms with Gasteiger partial charge in [0.05, 0.1) is 6.61 Å². The third-order valence-electron chi connectivity index (χ3n) is 5.59. The Balaban J connectivity index is 0.000000806. The Labute approximate surface area is 174 Å². The molecule has 2 aliphatic rings. The number of carbonyl (C=O) groups is 2. The van der Waals surface area contributed by atoms with Crippen molar-refractivity contribution >= 4 is 12.4 Å². The molecular formula is C20H27N5O5. The van der Waals surface area contributed by atoms with Gasteiger partial charge >= 0.3 is 0 Å². The Hall–Kier alpha value is -2.85. The number of hydrogen-bond acceptors (Lipinski definition) is 8. The van der Waals surface area contributed by atoms with Crippen molar-refractivity contribution in [2.45, 2.75) is 44.2 Å². The molecule has 30 heavy (non-hydrogen) atoms. The highest BCUT2D eigenvalue weighted by Gasteiger charge is 2.43. The van der Waals surface area contributed by atoms with E-state index in [4.69, 9.17) is 14.4 Å². The molecule has 4 heterocycles.